The number of fused-ring (bicyclic) bond motifs is 1. The lowest BCUT2D eigenvalue weighted by molar-refractivity contribution is 0.114. The van der Waals surface area contributed by atoms with Gasteiger partial charge in [-0.25, -0.2) is 0 Å². The Morgan fingerprint density at radius 1 is 0.950 bits per heavy atom. The predicted octanol–water partition coefficient (Wildman–Crippen LogP) is 3.81. The summed E-state index contributed by atoms with van der Waals surface area (Å²) in [5.41, 5.74) is 0. The maximum atomic E-state index is 3.99. The Morgan fingerprint density at radius 2 is 1.80 bits per heavy atom. The molecule has 0 bridgehead atoms. The first-order valence-corrected chi connectivity index (χ1v) is 9.18. The summed E-state index contributed by atoms with van der Waals surface area (Å²) in [4.78, 5) is 2.68. The molecule has 5 unspecified atom stereocenters. The molecular weight excluding hydrogens is 244 g/mol. The minimum atomic E-state index is 0.761. The first-order chi connectivity index (χ1) is 9.72. The van der Waals surface area contributed by atoms with E-state index in [1.54, 1.807) is 0 Å². The normalized spacial score (nSPS) is 42.5. The second-order valence-electron chi connectivity index (χ2n) is 7.96. The van der Waals surface area contributed by atoms with E-state index in [2.05, 4.69) is 24.2 Å². The molecule has 2 aliphatic carbocycles. The highest BCUT2D eigenvalue weighted by atomic mass is 15.2. The molecule has 1 N–H and O–H groups in total. The van der Waals surface area contributed by atoms with E-state index in [-0.39, 0.29) is 0 Å². The number of rotatable bonds is 3. The van der Waals surface area contributed by atoms with Crippen LogP contribution in [0, 0.1) is 11.8 Å². The van der Waals surface area contributed by atoms with Gasteiger partial charge in [-0.2, -0.15) is 0 Å². The quantitative estimate of drug-likeness (QED) is 0.844. The summed E-state index contributed by atoms with van der Waals surface area (Å²) in [5.74, 6) is 1.94. The third kappa shape index (κ3) is 3.57. The monoisotopic (exact) mass is 278 g/mol. The van der Waals surface area contributed by atoms with Gasteiger partial charge in [0.05, 0.1) is 0 Å². The van der Waals surface area contributed by atoms with Crippen LogP contribution in [0.25, 0.3) is 0 Å². The summed E-state index contributed by atoms with van der Waals surface area (Å²) in [6.45, 7) is 3.71. The average molecular weight is 278 g/mol. The average Bonchev–Trinajstić information content (AvgIpc) is 2.47. The van der Waals surface area contributed by atoms with Gasteiger partial charge >= 0.3 is 0 Å². The molecule has 116 valence electrons. The smallest absolute Gasteiger partial charge is 0.0197 e. The predicted molar refractivity (Wildman–Crippen MR) is 86.0 cm³/mol. The third-order valence-electron chi connectivity index (χ3n) is 6.29. The summed E-state index contributed by atoms with van der Waals surface area (Å²) >= 11 is 0. The molecule has 2 heteroatoms. The molecule has 1 aliphatic heterocycles. The number of nitrogens with zero attached hydrogens (tertiary/aromatic N) is 1. The number of piperidine rings is 1. The van der Waals surface area contributed by atoms with Gasteiger partial charge in [-0.1, -0.05) is 32.6 Å². The minimum absolute atomic E-state index is 0.761. The highest BCUT2D eigenvalue weighted by Crippen LogP contribution is 2.33. The Morgan fingerprint density at radius 3 is 2.65 bits per heavy atom. The summed E-state index contributed by atoms with van der Waals surface area (Å²) in [7, 11) is 2.37. The molecule has 0 amide bonds. The van der Waals surface area contributed by atoms with Gasteiger partial charge < -0.3 is 10.2 Å². The van der Waals surface area contributed by atoms with E-state index < -0.39 is 0 Å². The van der Waals surface area contributed by atoms with Crippen molar-refractivity contribution in [2.24, 2.45) is 11.8 Å². The van der Waals surface area contributed by atoms with Gasteiger partial charge in [0.15, 0.2) is 0 Å². The lowest BCUT2D eigenvalue weighted by Gasteiger charge is -2.43. The molecular formula is C18H34N2. The minimum Gasteiger partial charge on any atom is -0.310 e. The SMILES string of the molecule is CC1CCCC(N(C)CC2CCC3CCCCC3N2)C1. The standard InChI is InChI=1S/C18H34N2/c1-14-6-5-8-17(12-14)20(2)13-16-11-10-15-7-3-4-9-18(15)19-16/h14-19H,3-13H2,1-2H3. The van der Waals surface area contributed by atoms with E-state index in [9.17, 15) is 0 Å². The molecule has 20 heavy (non-hydrogen) atoms. The molecule has 3 rings (SSSR count). The third-order valence-corrected chi connectivity index (χ3v) is 6.29. The van der Waals surface area contributed by atoms with Crippen molar-refractivity contribution in [2.75, 3.05) is 13.6 Å². The summed E-state index contributed by atoms with van der Waals surface area (Å²) < 4.78 is 0. The van der Waals surface area contributed by atoms with Crippen LogP contribution >= 0.6 is 0 Å². The largest absolute Gasteiger partial charge is 0.310 e. The van der Waals surface area contributed by atoms with Crippen molar-refractivity contribution in [3.63, 3.8) is 0 Å². The van der Waals surface area contributed by atoms with Crippen LogP contribution in [0.1, 0.15) is 71.1 Å². The molecule has 1 heterocycles. The van der Waals surface area contributed by atoms with Crippen molar-refractivity contribution in [3.05, 3.63) is 0 Å². The van der Waals surface area contributed by atoms with Crippen LogP contribution < -0.4 is 5.32 Å². The van der Waals surface area contributed by atoms with E-state index in [0.29, 0.717) is 0 Å². The maximum Gasteiger partial charge on any atom is 0.0197 e. The Balaban J connectivity index is 1.47. The van der Waals surface area contributed by atoms with Crippen molar-refractivity contribution in [1.82, 2.24) is 10.2 Å². The molecule has 3 aliphatic rings. The van der Waals surface area contributed by atoms with Gasteiger partial charge in [-0.15, -0.1) is 0 Å². The van der Waals surface area contributed by atoms with Crippen molar-refractivity contribution in [3.8, 4) is 0 Å². The molecule has 1 saturated heterocycles. The van der Waals surface area contributed by atoms with Gasteiger partial charge in [-0.3, -0.25) is 0 Å². The maximum absolute atomic E-state index is 3.99. The van der Waals surface area contributed by atoms with E-state index in [0.717, 1.165) is 30.0 Å². The van der Waals surface area contributed by atoms with Crippen LogP contribution in [0.4, 0.5) is 0 Å². The second kappa shape index (κ2) is 6.79. The van der Waals surface area contributed by atoms with Crippen LogP contribution in [0.5, 0.6) is 0 Å². The van der Waals surface area contributed by atoms with Gasteiger partial charge in [-0.05, 0) is 57.4 Å². The van der Waals surface area contributed by atoms with E-state index in [4.69, 9.17) is 0 Å². The molecule has 0 spiro atoms. The second-order valence-corrected chi connectivity index (χ2v) is 7.96. The van der Waals surface area contributed by atoms with Gasteiger partial charge in [0.2, 0.25) is 0 Å². The van der Waals surface area contributed by atoms with E-state index >= 15 is 0 Å². The fourth-order valence-corrected chi connectivity index (χ4v) is 5.02. The van der Waals surface area contributed by atoms with Gasteiger partial charge in [0.25, 0.3) is 0 Å². The van der Waals surface area contributed by atoms with Crippen molar-refractivity contribution in [1.29, 1.82) is 0 Å². The summed E-state index contributed by atoms with van der Waals surface area (Å²) in [6, 6.07) is 2.46. The van der Waals surface area contributed by atoms with Crippen LogP contribution in [0.3, 0.4) is 0 Å². The topological polar surface area (TPSA) is 15.3 Å². The fourth-order valence-electron chi connectivity index (χ4n) is 5.02. The number of nitrogens with one attached hydrogen (secondary N) is 1. The van der Waals surface area contributed by atoms with Crippen LogP contribution in [0.15, 0.2) is 0 Å². The molecule has 2 saturated carbocycles. The van der Waals surface area contributed by atoms with Crippen molar-refractivity contribution in [2.45, 2.75) is 89.3 Å². The number of hydrogen-bond donors (Lipinski definition) is 1. The Labute approximate surface area is 125 Å². The van der Waals surface area contributed by atoms with Crippen LogP contribution in [-0.4, -0.2) is 36.6 Å². The molecule has 0 aromatic carbocycles. The molecule has 5 atom stereocenters. The van der Waals surface area contributed by atoms with Crippen molar-refractivity contribution < 1.29 is 0 Å². The molecule has 2 nitrogen and oxygen atoms in total. The molecule has 3 fully saturated rings. The lowest BCUT2D eigenvalue weighted by atomic mass is 9.77. The fraction of sp³-hybridized carbons (Fsp3) is 1.00. The molecule has 0 radical (unpaired) electrons. The Kier molecular flexibility index (Phi) is 5.04. The summed E-state index contributed by atoms with van der Waals surface area (Å²) in [6.07, 6.45) is 14.5. The molecule has 0 aromatic heterocycles. The lowest BCUT2D eigenvalue weighted by Crippen LogP contribution is -2.53. The highest BCUT2D eigenvalue weighted by molar-refractivity contribution is 4.91. The van der Waals surface area contributed by atoms with Crippen LogP contribution in [0.2, 0.25) is 0 Å². The first kappa shape index (κ1) is 14.8. The highest BCUT2D eigenvalue weighted by Gasteiger charge is 2.32. The zero-order valence-electron chi connectivity index (χ0n) is 13.6. The Hall–Kier alpha value is -0.0800. The van der Waals surface area contributed by atoms with E-state index in [1.165, 1.54) is 70.8 Å². The number of hydrogen-bond acceptors (Lipinski definition) is 2. The van der Waals surface area contributed by atoms with Gasteiger partial charge in [0.1, 0.15) is 0 Å². The van der Waals surface area contributed by atoms with E-state index in [1.807, 2.05) is 0 Å². The zero-order chi connectivity index (χ0) is 13.9. The van der Waals surface area contributed by atoms with Crippen LogP contribution in [-0.2, 0) is 0 Å². The zero-order valence-corrected chi connectivity index (χ0v) is 13.6. The Bertz CT molecular complexity index is 304. The summed E-state index contributed by atoms with van der Waals surface area (Å²) in [5, 5.41) is 3.99. The van der Waals surface area contributed by atoms with Gasteiger partial charge in [0, 0.05) is 24.7 Å². The first-order valence-electron chi connectivity index (χ1n) is 9.18. The van der Waals surface area contributed by atoms with Crippen molar-refractivity contribution >= 4 is 0 Å². The molecule has 0 aromatic rings. The number of likely N-dealkylation sites (N-methyl/N-ethyl adjacent to an activating group) is 1.